The SMILES string of the molecule is CC1=CC(C)(C)N(Cc2c(F)c(F)c(F)c(F)c2F)c2ccc(C)cc21. The molecule has 26 heavy (non-hydrogen) atoms. The third kappa shape index (κ3) is 2.77. The van der Waals surface area contributed by atoms with Gasteiger partial charge in [0.25, 0.3) is 0 Å². The minimum atomic E-state index is -2.14. The van der Waals surface area contributed by atoms with Crippen molar-refractivity contribution in [2.45, 2.75) is 39.8 Å². The number of hydrogen-bond acceptors (Lipinski definition) is 1. The molecule has 3 rings (SSSR count). The number of rotatable bonds is 2. The normalized spacial score (nSPS) is 15.7. The van der Waals surface area contributed by atoms with Crippen LogP contribution in [0.4, 0.5) is 27.6 Å². The highest BCUT2D eigenvalue weighted by Gasteiger charge is 2.34. The van der Waals surface area contributed by atoms with Crippen LogP contribution in [0.2, 0.25) is 0 Å². The molecule has 0 spiro atoms. The van der Waals surface area contributed by atoms with Crippen LogP contribution in [0, 0.1) is 36.0 Å². The Labute approximate surface area is 148 Å². The Bertz CT molecular complexity index is 901. The van der Waals surface area contributed by atoms with Gasteiger partial charge in [-0.25, -0.2) is 22.0 Å². The molecule has 0 saturated carbocycles. The molecular formula is C20H18F5N. The number of hydrogen-bond donors (Lipinski definition) is 0. The van der Waals surface area contributed by atoms with Crippen LogP contribution in [0.15, 0.2) is 24.3 Å². The summed E-state index contributed by atoms with van der Waals surface area (Å²) >= 11 is 0. The van der Waals surface area contributed by atoms with Crippen LogP contribution < -0.4 is 4.90 Å². The molecular weight excluding hydrogens is 349 g/mol. The van der Waals surface area contributed by atoms with Gasteiger partial charge in [0.05, 0.1) is 5.54 Å². The Morgan fingerprint density at radius 3 is 1.96 bits per heavy atom. The second-order valence-electron chi connectivity index (χ2n) is 7.14. The van der Waals surface area contributed by atoms with Crippen LogP contribution in [0.1, 0.15) is 37.5 Å². The molecule has 0 fully saturated rings. The van der Waals surface area contributed by atoms with Gasteiger partial charge in [0.2, 0.25) is 5.82 Å². The number of halogens is 5. The highest BCUT2D eigenvalue weighted by Crippen LogP contribution is 2.41. The van der Waals surface area contributed by atoms with Crippen molar-refractivity contribution < 1.29 is 22.0 Å². The minimum absolute atomic E-state index is 0.446. The average Bonchev–Trinajstić information content (AvgIpc) is 2.57. The summed E-state index contributed by atoms with van der Waals surface area (Å²) in [6.07, 6.45) is 1.92. The highest BCUT2D eigenvalue weighted by atomic mass is 19.2. The summed E-state index contributed by atoms with van der Waals surface area (Å²) in [6, 6.07) is 5.58. The lowest BCUT2D eigenvalue weighted by molar-refractivity contribution is 0.367. The molecule has 0 bridgehead atoms. The lowest BCUT2D eigenvalue weighted by atomic mass is 9.87. The quantitative estimate of drug-likeness (QED) is 0.363. The van der Waals surface area contributed by atoms with Gasteiger partial charge in [-0.1, -0.05) is 17.7 Å². The van der Waals surface area contributed by atoms with E-state index in [0.29, 0.717) is 5.69 Å². The fraction of sp³-hybridized carbons (Fsp3) is 0.300. The van der Waals surface area contributed by atoms with Crippen molar-refractivity contribution in [3.63, 3.8) is 0 Å². The van der Waals surface area contributed by atoms with E-state index < -0.39 is 46.7 Å². The Kier molecular flexibility index (Phi) is 4.33. The zero-order valence-corrected chi connectivity index (χ0v) is 14.9. The number of benzene rings is 2. The number of fused-ring (bicyclic) bond motifs is 1. The maximum Gasteiger partial charge on any atom is 0.200 e. The molecule has 0 N–H and O–H groups in total. The van der Waals surface area contributed by atoms with E-state index in [0.717, 1.165) is 16.7 Å². The van der Waals surface area contributed by atoms with E-state index in [1.807, 2.05) is 45.9 Å². The molecule has 0 amide bonds. The summed E-state index contributed by atoms with van der Waals surface area (Å²) in [5, 5.41) is 0. The number of allylic oxidation sites excluding steroid dienone is 1. The molecule has 0 atom stereocenters. The lowest BCUT2D eigenvalue weighted by Gasteiger charge is -2.43. The summed E-state index contributed by atoms with van der Waals surface area (Å²) in [5.74, 6) is -9.59. The van der Waals surface area contributed by atoms with Gasteiger partial charge in [0.1, 0.15) is 0 Å². The van der Waals surface area contributed by atoms with E-state index in [2.05, 4.69) is 0 Å². The van der Waals surface area contributed by atoms with E-state index in [4.69, 9.17) is 0 Å². The van der Waals surface area contributed by atoms with E-state index in [9.17, 15) is 22.0 Å². The number of nitrogens with zero attached hydrogens (tertiary/aromatic N) is 1. The largest absolute Gasteiger partial charge is 0.358 e. The molecule has 0 radical (unpaired) electrons. The molecule has 0 aliphatic carbocycles. The summed E-state index contributed by atoms with van der Waals surface area (Å²) in [7, 11) is 0. The van der Waals surface area contributed by atoms with Crippen LogP contribution in [-0.2, 0) is 6.54 Å². The molecule has 1 heterocycles. The van der Waals surface area contributed by atoms with Crippen LogP contribution >= 0.6 is 0 Å². The molecule has 1 aliphatic rings. The zero-order valence-electron chi connectivity index (χ0n) is 14.9. The molecule has 1 nitrogen and oxygen atoms in total. The first-order valence-corrected chi connectivity index (χ1v) is 8.13. The van der Waals surface area contributed by atoms with Crippen molar-refractivity contribution in [3.05, 3.63) is 70.1 Å². The lowest BCUT2D eigenvalue weighted by Crippen LogP contribution is -2.45. The Morgan fingerprint density at radius 1 is 0.846 bits per heavy atom. The van der Waals surface area contributed by atoms with Crippen molar-refractivity contribution in [2.24, 2.45) is 0 Å². The predicted octanol–water partition coefficient (Wildman–Crippen LogP) is 5.89. The van der Waals surface area contributed by atoms with Gasteiger partial charge >= 0.3 is 0 Å². The maximum atomic E-state index is 14.2. The van der Waals surface area contributed by atoms with Gasteiger partial charge in [-0.15, -0.1) is 0 Å². The first-order valence-electron chi connectivity index (χ1n) is 8.13. The van der Waals surface area contributed by atoms with Crippen molar-refractivity contribution in [1.82, 2.24) is 0 Å². The predicted molar refractivity (Wildman–Crippen MR) is 91.3 cm³/mol. The average molecular weight is 367 g/mol. The first kappa shape index (κ1) is 18.4. The van der Waals surface area contributed by atoms with Crippen molar-refractivity contribution >= 4 is 11.3 Å². The fourth-order valence-electron chi connectivity index (χ4n) is 3.43. The summed E-state index contributed by atoms with van der Waals surface area (Å²) in [5.41, 5.74) is 2.04. The van der Waals surface area contributed by atoms with Gasteiger partial charge < -0.3 is 4.90 Å². The molecule has 0 saturated heterocycles. The monoisotopic (exact) mass is 367 g/mol. The van der Waals surface area contributed by atoms with Crippen LogP contribution in [-0.4, -0.2) is 5.54 Å². The van der Waals surface area contributed by atoms with Gasteiger partial charge in [-0.3, -0.25) is 0 Å². The van der Waals surface area contributed by atoms with E-state index >= 15 is 0 Å². The molecule has 138 valence electrons. The van der Waals surface area contributed by atoms with E-state index in [1.165, 1.54) is 0 Å². The summed E-state index contributed by atoms with van der Waals surface area (Å²) in [6.45, 7) is 7.05. The van der Waals surface area contributed by atoms with Crippen molar-refractivity contribution in [2.75, 3.05) is 4.90 Å². The molecule has 0 aromatic heterocycles. The molecule has 0 unspecified atom stereocenters. The third-order valence-electron chi connectivity index (χ3n) is 4.75. The van der Waals surface area contributed by atoms with E-state index in [-0.39, 0.29) is 0 Å². The molecule has 6 heteroatoms. The maximum absolute atomic E-state index is 14.2. The second kappa shape index (κ2) is 6.11. The van der Waals surface area contributed by atoms with Gasteiger partial charge in [0, 0.05) is 23.4 Å². The molecule has 2 aromatic carbocycles. The van der Waals surface area contributed by atoms with Crippen LogP contribution in [0.5, 0.6) is 0 Å². The van der Waals surface area contributed by atoms with Gasteiger partial charge in [-0.05, 0) is 45.4 Å². The van der Waals surface area contributed by atoms with Crippen LogP contribution in [0.3, 0.4) is 0 Å². The number of anilines is 1. The Hall–Kier alpha value is -2.37. The van der Waals surface area contributed by atoms with E-state index in [1.54, 1.807) is 11.0 Å². The number of aryl methyl sites for hydroxylation is 1. The Morgan fingerprint density at radius 2 is 1.38 bits per heavy atom. The Balaban J connectivity index is 2.17. The highest BCUT2D eigenvalue weighted by molar-refractivity contribution is 5.81. The third-order valence-corrected chi connectivity index (χ3v) is 4.75. The van der Waals surface area contributed by atoms with Gasteiger partial charge in [0.15, 0.2) is 23.3 Å². The zero-order chi connectivity index (χ0) is 19.4. The summed E-state index contributed by atoms with van der Waals surface area (Å²) < 4.78 is 68.8. The standard InChI is InChI=1S/C20H18F5N/c1-10-5-6-14-12(7-10)11(2)8-20(3,4)26(14)9-13-15(21)17(23)19(25)18(24)16(13)22/h5-8H,9H2,1-4H3. The summed E-state index contributed by atoms with van der Waals surface area (Å²) in [4.78, 5) is 1.65. The molecule has 1 aliphatic heterocycles. The second-order valence-corrected chi connectivity index (χ2v) is 7.14. The fourth-order valence-corrected chi connectivity index (χ4v) is 3.43. The van der Waals surface area contributed by atoms with Crippen molar-refractivity contribution in [3.8, 4) is 0 Å². The topological polar surface area (TPSA) is 3.24 Å². The van der Waals surface area contributed by atoms with Crippen molar-refractivity contribution in [1.29, 1.82) is 0 Å². The smallest absolute Gasteiger partial charge is 0.200 e. The first-order chi connectivity index (χ1) is 12.0. The van der Waals surface area contributed by atoms with Crippen LogP contribution in [0.25, 0.3) is 5.57 Å². The minimum Gasteiger partial charge on any atom is -0.358 e. The van der Waals surface area contributed by atoms with Gasteiger partial charge in [-0.2, -0.15) is 0 Å². The molecule has 2 aromatic rings.